The Labute approximate surface area is 384 Å². The maximum Gasteiger partial charge on any atom is 0.351 e. The number of unbranched alkanes of at least 4 members (excludes halogenated alkanes) is 4. The predicted molar refractivity (Wildman–Crippen MR) is 254 cm³/mol. The highest BCUT2D eigenvalue weighted by molar-refractivity contribution is 7.33. The minimum absolute atomic E-state index is 0.00103. The SMILES string of the molecule is CCCCCCCC(O[PH](=O)O[C@H]1C[C@H](n2ccc(N)nc2=O)O[C@@H]1C(OC(c1ccccc1)(c1ccc(OC)cc1)c1ccc(OC)cc1)C(=O)c1ccccc1)N(C(C)C)C(C)C. The highest BCUT2D eigenvalue weighted by Crippen LogP contribution is 2.47. The van der Waals surface area contributed by atoms with E-state index in [1.807, 2.05) is 84.9 Å². The number of benzene rings is 4. The van der Waals surface area contributed by atoms with Crippen molar-refractivity contribution in [3.8, 4) is 11.5 Å². The zero-order valence-electron chi connectivity index (χ0n) is 38.6. The van der Waals surface area contributed by atoms with Crippen molar-refractivity contribution in [1.29, 1.82) is 0 Å². The number of hydrogen-bond donors (Lipinski definition) is 1. The van der Waals surface area contributed by atoms with Crippen LogP contribution in [0, 0.1) is 0 Å². The lowest BCUT2D eigenvalue weighted by molar-refractivity contribution is -0.126. The van der Waals surface area contributed by atoms with Crippen LogP contribution in [0.25, 0.3) is 0 Å². The maximum absolute atomic E-state index is 15.4. The van der Waals surface area contributed by atoms with Gasteiger partial charge in [-0.15, -0.1) is 0 Å². The number of nitrogens with two attached hydrogens (primary N) is 1. The molecule has 14 heteroatoms. The van der Waals surface area contributed by atoms with Gasteiger partial charge in [-0.05, 0) is 87.6 Å². The number of rotatable bonds is 24. The first-order valence-electron chi connectivity index (χ1n) is 22.7. The lowest BCUT2D eigenvalue weighted by Crippen LogP contribution is -2.49. The molecule has 0 amide bonds. The van der Waals surface area contributed by atoms with Gasteiger partial charge in [0.15, 0.2) is 11.9 Å². The molecule has 5 aromatic rings. The third-order valence-electron chi connectivity index (χ3n) is 11.9. The molecule has 0 spiro atoms. The first-order valence-corrected chi connectivity index (χ1v) is 23.9. The summed E-state index contributed by atoms with van der Waals surface area (Å²) in [4.78, 5) is 35.0. The molecule has 4 aromatic carbocycles. The van der Waals surface area contributed by atoms with E-state index in [-0.39, 0.29) is 24.3 Å². The van der Waals surface area contributed by atoms with Crippen molar-refractivity contribution >= 4 is 19.9 Å². The molecular formula is C51H65N4O9P. The standard InChI is InChI=1S/C51H65N4O9P/c1-8-9-10-11-18-23-45(55(35(2)3)36(4)5)64-65(58)63-43-34-46(54-33-32-44(52)53-50(54)57)61-48(43)49(47(56)37-19-14-12-15-20-37)62-51(38-21-16-13-17-22-38,39-24-28-41(59-6)29-25-39)40-26-30-42(60-7)31-27-40/h12-17,19-22,24-33,35-36,43,45-46,48-49,65H,8-11,18,23,34H2,1-7H3,(H2,52,53,57)/t43-,45?,46+,48-,49?/m0/s1. The molecule has 6 atom stereocenters. The van der Waals surface area contributed by atoms with Gasteiger partial charge in [-0.25, -0.2) is 4.79 Å². The number of ketones is 1. The van der Waals surface area contributed by atoms with Crippen LogP contribution in [0.5, 0.6) is 11.5 Å². The summed E-state index contributed by atoms with van der Waals surface area (Å²) in [5.74, 6) is 0.863. The molecule has 1 aliphatic heterocycles. The summed E-state index contributed by atoms with van der Waals surface area (Å²) in [6.45, 7) is 10.6. The number of nitrogen functional groups attached to an aromatic ring is 1. The van der Waals surface area contributed by atoms with Crippen LogP contribution in [0.1, 0.15) is 113 Å². The van der Waals surface area contributed by atoms with Crippen molar-refractivity contribution in [2.24, 2.45) is 0 Å². The lowest BCUT2D eigenvalue weighted by atomic mass is 9.79. The summed E-state index contributed by atoms with van der Waals surface area (Å²) in [6, 6.07) is 35.0. The van der Waals surface area contributed by atoms with E-state index in [2.05, 4.69) is 44.5 Å². The first kappa shape index (κ1) is 49.3. The van der Waals surface area contributed by atoms with Crippen LogP contribution >= 0.6 is 8.25 Å². The molecule has 3 unspecified atom stereocenters. The first-order chi connectivity index (χ1) is 31.4. The zero-order valence-corrected chi connectivity index (χ0v) is 39.6. The molecule has 0 radical (unpaired) electrons. The number of ether oxygens (including phenoxy) is 4. The van der Waals surface area contributed by atoms with Crippen molar-refractivity contribution in [3.05, 3.63) is 154 Å². The maximum atomic E-state index is 15.4. The molecule has 1 fully saturated rings. The van der Waals surface area contributed by atoms with Gasteiger partial charge < -0.3 is 29.2 Å². The van der Waals surface area contributed by atoms with Crippen molar-refractivity contribution < 1.29 is 37.4 Å². The van der Waals surface area contributed by atoms with Crippen LogP contribution in [0.2, 0.25) is 0 Å². The summed E-state index contributed by atoms with van der Waals surface area (Å²) in [6.07, 6.45) is 2.15. The molecular weight excluding hydrogens is 844 g/mol. The van der Waals surface area contributed by atoms with E-state index in [1.165, 1.54) is 16.8 Å². The molecule has 1 saturated heterocycles. The topological polar surface area (TPSA) is 154 Å². The summed E-state index contributed by atoms with van der Waals surface area (Å²) < 4.78 is 54.4. The average Bonchev–Trinajstić information content (AvgIpc) is 3.72. The molecule has 2 heterocycles. The van der Waals surface area contributed by atoms with Gasteiger partial charge in [0.1, 0.15) is 47.6 Å². The average molecular weight is 909 g/mol. The van der Waals surface area contributed by atoms with E-state index >= 15 is 4.79 Å². The smallest absolute Gasteiger partial charge is 0.351 e. The molecule has 0 aliphatic carbocycles. The highest BCUT2D eigenvalue weighted by atomic mass is 31.1. The molecule has 1 aromatic heterocycles. The Morgan fingerprint density at radius 3 is 1.91 bits per heavy atom. The normalized spacial score (nSPS) is 17.9. The van der Waals surface area contributed by atoms with Crippen molar-refractivity contribution in [2.45, 2.75) is 128 Å². The predicted octanol–water partition coefficient (Wildman–Crippen LogP) is 9.99. The Morgan fingerprint density at radius 1 is 0.815 bits per heavy atom. The van der Waals surface area contributed by atoms with Crippen molar-refractivity contribution in [1.82, 2.24) is 14.5 Å². The van der Waals surface area contributed by atoms with Crippen LogP contribution in [-0.4, -0.2) is 71.1 Å². The van der Waals surface area contributed by atoms with Gasteiger partial charge in [0.2, 0.25) is 0 Å². The fourth-order valence-electron chi connectivity index (χ4n) is 8.83. The van der Waals surface area contributed by atoms with Crippen LogP contribution < -0.4 is 20.9 Å². The second-order valence-electron chi connectivity index (χ2n) is 16.9. The molecule has 1 aliphatic rings. The van der Waals surface area contributed by atoms with E-state index in [9.17, 15) is 9.36 Å². The van der Waals surface area contributed by atoms with E-state index in [0.717, 1.165) is 32.1 Å². The van der Waals surface area contributed by atoms with Crippen LogP contribution in [0.3, 0.4) is 0 Å². The monoisotopic (exact) mass is 908 g/mol. The van der Waals surface area contributed by atoms with Gasteiger partial charge in [0.05, 0.1) is 14.2 Å². The van der Waals surface area contributed by atoms with Crippen LogP contribution in [0.4, 0.5) is 5.82 Å². The van der Waals surface area contributed by atoms with E-state index in [0.29, 0.717) is 40.2 Å². The third kappa shape index (κ3) is 12.0. The van der Waals surface area contributed by atoms with Crippen molar-refractivity contribution in [3.63, 3.8) is 0 Å². The second kappa shape index (κ2) is 23.4. The van der Waals surface area contributed by atoms with Crippen LogP contribution in [-0.2, 0) is 28.7 Å². The number of anilines is 1. The van der Waals surface area contributed by atoms with Gasteiger partial charge in [-0.2, -0.15) is 4.98 Å². The summed E-state index contributed by atoms with van der Waals surface area (Å²) in [7, 11) is -0.116. The van der Waals surface area contributed by atoms with Gasteiger partial charge >= 0.3 is 13.9 Å². The number of methoxy groups -OCH3 is 2. The number of carbonyl (C=O) groups is 1. The Hall–Kier alpha value is -5.14. The minimum atomic E-state index is -3.31. The molecule has 65 heavy (non-hydrogen) atoms. The Balaban J connectivity index is 1.50. The number of hydrogen-bond acceptors (Lipinski definition) is 12. The van der Waals surface area contributed by atoms with Gasteiger partial charge in [-0.1, -0.05) is 118 Å². The minimum Gasteiger partial charge on any atom is -0.497 e. The molecule has 2 N–H and O–H groups in total. The molecule has 6 rings (SSSR count). The number of nitrogens with zero attached hydrogens (tertiary/aromatic N) is 3. The van der Waals surface area contributed by atoms with Crippen molar-refractivity contribution in [2.75, 3.05) is 20.0 Å². The lowest BCUT2D eigenvalue weighted by Gasteiger charge is -2.41. The summed E-state index contributed by atoms with van der Waals surface area (Å²) in [5, 5.41) is 0. The molecule has 348 valence electrons. The third-order valence-corrected chi connectivity index (χ3v) is 12.9. The van der Waals surface area contributed by atoms with Crippen LogP contribution in [0.15, 0.2) is 126 Å². The number of aromatic nitrogens is 2. The molecule has 13 nitrogen and oxygen atoms in total. The van der Waals surface area contributed by atoms with E-state index in [4.69, 9.17) is 33.7 Å². The van der Waals surface area contributed by atoms with E-state index in [1.54, 1.807) is 38.5 Å². The Kier molecular flexibility index (Phi) is 17.7. The van der Waals surface area contributed by atoms with Gasteiger partial charge in [-0.3, -0.25) is 23.4 Å². The highest BCUT2D eigenvalue weighted by Gasteiger charge is 2.51. The zero-order chi connectivity index (χ0) is 46.5. The Morgan fingerprint density at radius 2 is 1.37 bits per heavy atom. The van der Waals surface area contributed by atoms with E-state index < -0.39 is 56.1 Å². The van der Waals surface area contributed by atoms with Gasteiger partial charge in [0, 0.05) is 30.3 Å². The fraction of sp³-hybridized carbons (Fsp3) is 0.431. The molecule has 0 bridgehead atoms. The summed E-state index contributed by atoms with van der Waals surface area (Å²) >= 11 is 0. The number of carbonyl (C=O) groups excluding carboxylic acids is 1. The quantitative estimate of drug-likeness (QED) is 0.0206. The van der Waals surface area contributed by atoms with Gasteiger partial charge in [0.25, 0.3) is 0 Å². The second-order valence-corrected chi connectivity index (χ2v) is 17.9. The Bertz CT molecular complexity index is 2270. The number of Topliss-reactive ketones (excluding diaryl/α,β-unsaturated/α-hetero) is 1. The fourth-order valence-corrected chi connectivity index (χ4v) is 9.83. The summed E-state index contributed by atoms with van der Waals surface area (Å²) in [5.41, 5.74) is 6.16. The largest absolute Gasteiger partial charge is 0.497 e. The molecule has 0 saturated carbocycles.